The molecule has 6 aliphatic carbocycles. The molecule has 7 fully saturated rings. The first-order valence-electron chi connectivity index (χ1n) is 22.1. The summed E-state index contributed by atoms with van der Waals surface area (Å²) in [5.74, 6) is 4.45. The van der Waals surface area contributed by atoms with E-state index >= 15 is 0 Å². The second-order valence-corrected chi connectivity index (χ2v) is 22.5. The molecule has 5 heteroatoms. The lowest BCUT2D eigenvalue weighted by atomic mass is 9.32. The van der Waals surface area contributed by atoms with Gasteiger partial charge >= 0.3 is 11.9 Å². The highest BCUT2D eigenvalue weighted by atomic mass is 16.5. The molecule has 0 bridgehead atoms. The lowest BCUT2D eigenvalue weighted by molar-refractivity contribution is -0.250. The smallest absolute Gasteiger partial charge is 0.306 e. The lowest BCUT2D eigenvalue weighted by Gasteiger charge is -2.73. The van der Waals surface area contributed by atoms with Gasteiger partial charge in [0, 0.05) is 5.41 Å². The first-order valence-corrected chi connectivity index (χ1v) is 22.1. The number of ether oxygens (including phenoxy) is 1. The van der Waals surface area contributed by atoms with Gasteiger partial charge in [0.15, 0.2) is 0 Å². The van der Waals surface area contributed by atoms with Crippen LogP contribution in [0.3, 0.4) is 0 Å². The van der Waals surface area contributed by atoms with Crippen LogP contribution in [0.25, 0.3) is 0 Å². The maximum atomic E-state index is 13.3. The summed E-state index contributed by atoms with van der Waals surface area (Å²) in [6.45, 7) is 27.7. The zero-order valence-electron chi connectivity index (χ0n) is 34.8. The Morgan fingerprint density at radius 1 is 0.788 bits per heavy atom. The van der Waals surface area contributed by atoms with Crippen molar-refractivity contribution in [3.63, 3.8) is 0 Å². The molecule has 0 aromatic heterocycles. The number of esters is 1. The number of likely N-dealkylation sites (tertiary alicyclic amines) is 1. The second kappa shape index (κ2) is 13.7. The van der Waals surface area contributed by atoms with Gasteiger partial charge in [-0.25, -0.2) is 0 Å². The van der Waals surface area contributed by atoms with E-state index in [1.54, 1.807) is 0 Å². The highest BCUT2D eigenvalue weighted by molar-refractivity contribution is 5.73. The van der Waals surface area contributed by atoms with Crippen molar-refractivity contribution in [1.82, 2.24) is 4.90 Å². The van der Waals surface area contributed by atoms with Crippen LogP contribution >= 0.6 is 0 Å². The molecule has 1 aliphatic heterocycles. The van der Waals surface area contributed by atoms with Crippen LogP contribution in [0.5, 0.6) is 0 Å². The molecule has 6 saturated carbocycles. The normalized spacial score (nSPS) is 43.5. The third kappa shape index (κ3) is 6.67. The molecule has 1 saturated heterocycles. The molecule has 0 aromatic carbocycles. The summed E-state index contributed by atoms with van der Waals surface area (Å²) in [5, 5.41) is 9.37. The number of carbonyl (C=O) groups is 2. The maximum absolute atomic E-state index is 13.3. The van der Waals surface area contributed by atoms with E-state index in [4.69, 9.17) is 4.74 Å². The van der Waals surface area contributed by atoms with Crippen molar-refractivity contribution < 1.29 is 19.4 Å². The van der Waals surface area contributed by atoms with Crippen molar-refractivity contribution in [1.29, 1.82) is 0 Å². The molecule has 1 heterocycles. The first kappa shape index (κ1) is 38.9. The average Bonchev–Trinajstić information content (AvgIpc) is 3.78. The highest BCUT2D eigenvalue weighted by Gasteiger charge is 2.71. The van der Waals surface area contributed by atoms with Gasteiger partial charge in [0.1, 0.15) is 6.10 Å². The highest BCUT2D eigenvalue weighted by Crippen LogP contribution is 2.78. The number of hydrogen-bond donors (Lipinski definition) is 1. The Morgan fingerprint density at radius 3 is 2.13 bits per heavy atom. The number of aliphatic carboxylic acids is 1. The molecule has 7 rings (SSSR count). The molecule has 0 amide bonds. The second-order valence-electron chi connectivity index (χ2n) is 22.5. The third-order valence-corrected chi connectivity index (χ3v) is 18.7. The summed E-state index contributed by atoms with van der Waals surface area (Å²) in [5.41, 5.74) is 2.14. The fourth-order valence-electron chi connectivity index (χ4n) is 15.6. The minimum Gasteiger partial charge on any atom is -0.481 e. The number of piperidine rings is 1. The number of fused-ring (bicyclic) bond motifs is 7. The minimum absolute atomic E-state index is 0.0227. The van der Waals surface area contributed by atoms with Crippen LogP contribution < -0.4 is 0 Å². The monoisotopic (exact) mass is 720 g/mol. The van der Waals surface area contributed by atoms with Crippen LogP contribution in [0.4, 0.5) is 0 Å². The zero-order chi connectivity index (χ0) is 37.5. The molecule has 294 valence electrons. The molecule has 5 nitrogen and oxygen atoms in total. The third-order valence-electron chi connectivity index (χ3n) is 18.7. The number of hydrogen-bond acceptors (Lipinski definition) is 4. The molecule has 0 spiro atoms. The van der Waals surface area contributed by atoms with Gasteiger partial charge < -0.3 is 14.7 Å². The van der Waals surface area contributed by atoms with Crippen molar-refractivity contribution in [2.75, 3.05) is 19.6 Å². The van der Waals surface area contributed by atoms with Gasteiger partial charge in [-0.15, -0.1) is 0 Å². The van der Waals surface area contributed by atoms with Gasteiger partial charge in [-0.2, -0.15) is 0 Å². The summed E-state index contributed by atoms with van der Waals surface area (Å²) >= 11 is 0. The van der Waals surface area contributed by atoms with Crippen LogP contribution in [0.2, 0.25) is 0 Å². The van der Waals surface area contributed by atoms with Gasteiger partial charge in [0.2, 0.25) is 0 Å². The minimum atomic E-state index is -0.860. The van der Waals surface area contributed by atoms with Gasteiger partial charge in [0.25, 0.3) is 0 Å². The van der Waals surface area contributed by atoms with Gasteiger partial charge in [-0.05, 0) is 185 Å². The fourth-order valence-corrected chi connectivity index (χ4v) is 15.6. The largest absolute Gasteiger partial charge is 0.481 e. The van der Waals surface area contributed by atoms with Crippen LogP contribution in [0.15, 0.2) is 12.2 Å². The summed E-state index contributed by atoms with van der Waals surface area (Å²) in [7, 11) is 0. The number of rotatable bonds is 11. The first-order chi connectivity index (χ1) is 24.3. The summed E-state index contributed by atoms with van der Waals surface area (Å²) in [6.07, 6.45) is 21.7. The molecular formula is C47H77NO4. The van der Waals surface area contributed by atoms with Crippen LogP contribution in [0.1, 0.15) is 171 Å². The molecule has 1 N–H and O–H groups in total. The molecule has 7 aliphatic rings. The average molecular weight is 720 g/mol. The summed E-state index contributed by atoms with van der Waals surface area (Å²) in [6, 6.07) is 0. The van der Waals surface area contributed by atoms with Crippen molar-refractivity contribution in [3.05, 3.63) is 12.2 Å². The maximum Gasteiger partial charge on any atom is 0.306 e. The zero-order valence-corrected chi connectivity index (χ0v) is 34.8. The number of nitrogens with zero attached hydrogens (tertiary/aromatic N) is 1. The van der Waals surface area contributed by atoms with Gasteiger partial charge in [0.05, 0.1) is 12.8 Å². The van der Waals surface area contributed by atoms with Crippen molar-refractivity contribution in [3.8, 4) is 0 Å². The van der Waals surface area contributed by atoms with Crippen LogP contribution in [0, 0.1) is 73.9 Å². The van der Waals surface area contributed by atoms with E-state index in [9.17, 15) is 14.7 Å². The summed E-state index contributed by atoms with van der Waals surface area (Å²) in [4.78, 5) is 27.5. The van der Waals surface area contributed by atoms with Crippen LogP contribution in [-0.2, 0) is 14.3 Å². The molecule has 0 radical (unpaired) electrons. The Bertz CT molecular complexity index is 1370. The van der Waals surface area contributed by atoms with E-state index in [0.29, 0.717) is 34.0 Å². The van der Waals surface area contributed by atoms with E-state index in [2.05, 4.69) is 53.0 Å². The number of carboxylic acids is 1. The van der Waals surface area contributed by atoms with Crippen molar-refractivity contribution in [2.45, 2.75) is 177 Å². The standard InChI is InChI=1S/C47H77NO4/c1-31(2)34-14-21-47(24-27-48-25-17-33(18-26-48)28-32-10-11-32)23-22-45(8)35(41(34)47)12-13-37-44(7)19-16-38(43(5,6)36(44)15-20-46(37,45)9)52-40(51)30-42(3,4)29-39(49)50/h32-38,41H,1,10-30H2,2-9H3,(H,49,50)/t34-,35+,36-,37+,38-,41+,44-,45+,46+,47+/m0/s1. The number of carbonyl (C=O) groups excluding carboxylic acids is 1. The Hall–Kier alpha value is -1.36. The van der Waals surface area contributed by atoms with Crippen molar-refractivity contribution >= 4 is 11.9 Å². The number of allylic oxidation sites excluding steroid dienone is 1. The van der Waals surface area contributed by atoms with Crippen LogP contribution in [-0.4, -0.2) is 47.7 Å². The Morgan fingerprint density at radius 2 is 1.48 bits per heavy atom. The Kier molecular flexibility index (Phi) is 10.2. The predicted octanol–water partition coefficient (Wildman–Crippen LogP) is 11.3. The quantitative estimate of drug-likeness (QED) is 0.170. The molecular weight excluding hydrogens is 643 g/mol. The molecule has 0 aromatic rings. The SMILES string of the molecule is C=C(C)[C@@H]1CC[C@]2(CCN3CCC(CC4CC4)CC3)CC[C@]3(C)[C@H](CC[C@@H]4[C@@]5(C)CC[C@H](OC(=O)CC(C)(C)CC(=O)O)C(C)(C)[C@@H]5CC[C@]43C)[C@@H]12. The van der Waals surface area contributed by atoms with Gasteiger partial charge in [-0.3, -0.25) is 9.59 Å². The lowest BCUT2D eigenvalue weighted by Crippen LogP contribution is -2.66. The van der Waals surface area contributed by atoms with Crippen molar-refractivity contribution in [2.24, 2.45) is 73.9 Å². The van der Waals surface area contributed by atoms with E-state index in [1.807, 2.05) is 13.8 Å². The summed E-state index contributed by atoms with van der Waals surface area (Å²) < 4.78 is 6.32. The van der Waals surface area contributed by atoms with Gasteiger partial charge in [-0.1, -0.05) is 73.5 Å². The van der Waals surface area contributed by atoms with E-state index < -0.39 is 11.4 Å². The van der Waals surface area contributed by atoms with E-state index in [1.165, 1.54) is 115 Å². The Balaban J connectivity index is 1.06. The molecule has 52 heavy (non-hydrogen) atoms. The Labute approximate surface area is 318 Å². The fraction of sp³-hybridized carbons (Fsp3) is 0.915. The molecule has 0 unspecified atom stereocenters. The van der Waals surface area contributed by atoms with E-state index in [0.717, 1.165) is 36.5 Å². The number of carboxylic acid groups (broad SMARTS) is 1. The van der Waals surface area contributed by atoms with E-state index in [-0.39, 0.29) is 35.7 Å². The molecule has 10 atom stereocenters. The predicted molar refractivity (Wildman–Crippen MR) is 211 cm³/mol. The topological polar surface area (TPSA) is 66.8 Å².